The summed E-state index contributed by atoms with van der Waals surface area (Å²) < 4.78 is 11.2. The normalized spacial score (nSPS) is 11.4. The van der Waals surface area contributed by atoms with E-state index in [0.717, 1.165) is 10.0 Å². The van der Waals surface area contributed by atoms with Crippen LogP contribution in [0.5, 0.6) is 0 Å². The molecule has 0 N–H and O–H groups in total. The van der Waals surface area contributed by atoms with Crippen LogP contribution in [0.4, 0.5) is 0 Å². The molecule has 0 saturated heterocycles. The monoisotopic (exact) mass is 312 g/mol. The smallest absolute Gasteiger partial charge is 0.333 e. The summed E-state index contributed by atoms with van der Waals surface area (Å²) in [6.07, 6.45) is 2.41. The molecule has 0 spiro atoms. The second-order valence-electron chi connectivity index (χ2n) is 3.68. The molecule has 0 heterocycles. The van der Waals surface area contributed by atoms with Gasteiger partial charge in [0.2, 0.25) is 0 Å². The van der Waals surface area contributed by atoms with Crippen molar-refractivity contribution in [3.05, 3.63) is 46.0 Å². The van der Waals surface area contributed by atoms with Crippen molar-refractivity contribution < 1.29 is 14.3 Å². The van der Waals surface area contributed by atoms with Crippen molar-refractivity contribution in [2.45, 2.75) is 20.0 Å². The summed E-state index contributed by atoms with van der Waals surface area (Å²) >= 11 is 3.46. The molecule has 0 aliphatic carbocycles. The maximum atomic E-state index is 11.3. The lowest BCUT2D eigenvalue weighted by molar-refractivity contribution is -0.136. The molecule has 0 saturated carbocycles. The van der Waals surface area contributed by atoms with Crippen LogP contribution in [0.1, 0.15) is 18.9 Å². The van der Waals surface area contributed by atoms with Crippen LogP contribution < -0.4 is 0 Å². The van der Waals surface area contributed by atoms with Gasteiger partial charge in [0.15, 0.2) is 0 Å². The number of carbonyl (C=O) groups excluding carboxylic acids is 1. The van der Waals surface area contributed by atoms with Crippen molar-refractivity contribution in [1.29, 1.82) is 0 Å². The highest BCUT2D eigenvalue weighted by atomic mass is 79.9. The van der Waals surface area contributed by atoms with Crippen molar-refractivity contribution in [3.8, 4) is 0 Å². The highest BCUT2D eigenvalue weighted by Gasteiger charge is 2.05. The van der Waals surface area contributed by atoms with Gasteiger partial charge in [0, 0.05) is 10.0 Å². The van der Waals surface area contributed by atoms with Gasteiger partial charge < -0.3 is 9.47 Å². The standard InChI is InChI=1S/C14H17BrO3/c1-3-11(14(16)17-2)8-9-18-10-12-6-4-5-7-13(12)15/h4-8H,3,9-10H2,1-2H3/b11-8-. The number of methoxy groups -OCH3 is 1. The lowest BCUT2D eigenvalue weighted by Crippen LogP contribution is -2.05. The number of rotatable bonds is 6. The molecular weight excluding hydrogens is 296 g/mol. The van der Waals surface area contributed by atoms with Crippen LogP contribution in [0.3, 0.4) is 0 Å². The van der Waals surface area contributed by atoms with E-state index < -0.39 is 0 Å². The Morgan fingerprint density at radius 1 is 1.39 bits per heavy atom. The van der Waals surface area contributed by atoms with E-state index in [9.17, 15) is 4.79 Å². The average Bonchev–Trinajstić information content (AvgIpc) is 2.40. The van der Waals surface area contributed by atoms with Crippen molar-refractivity contribution in [3.63, 3.8) is 0 Å². The van der Waals surface area contributed by atoms with Crippen molar-refractivity contribution in [2.75, 3.05) is 13.7 Å². The van der Waals surface area contributed by atoms with Crippen molar-refractivity contribution >= 4 is 21.9 Å². The summed E-state index contributed by atoms with van der Waals surface area (Å²) in [5.41, 5.74) is 1.73. The minimum absolute atomic E-state index is 0.290. The van der Waals surface area contributed by atoms with Crippen LogP contribution in [-0.2, 0) is 20.9 Å². The first-order chi connectivity index (χ1) is 8.69. The van der Waals surface area contributed by atoms with Crippen LogP contribution >= 0.6 is 15.9 Å². The maximum Gasteiger partial charge on any atom is 0.333 e. The Kier molecular flexibility index (Phi) is 6.68. The second-order valence-corrected chi connectivity index (χ2v) is 4.54. The molecule has 0 aromatic heterocycles. The third kappa shape index (κ3) is 4.63. The lowest BCUT2D eigenvalue weighted by atomic mass is 10.2. The van der Waals surface area contributed by atoms with Gasteiger partial charge in [-0.1, -0.05) is 41.1 Å². The molecule has 0 aliphatic heterocycles. The summed E-state index contributed by atoms with van der Waals surface area (Å²) in [6, 6.07) is 7.89. The summed E-state index contributed by atoms with van der Waals surface area (Å²) in [5, 5.41) is 0. The summed E-state index contributed by atoms with van der Waals surface area (Å²) in [5.74, 6) is -0.290. The van der Waals surface area contributed by atoms with E-state index in [4.69, 9.17) is 4.74 Å². The van der Waals surface area contributed by atoms with Gasteiger partial charge in [-0.3, -0.25) is 0 Å². The highest BCUT2D eigenvalue weighted by molar-refractivity contribution is 9.10. The molecule has 1 aromatic rings. The molecule has 0 aliphatic rings. The zero-order valence-electron chi connectivity index (χ0n) is 10.6. The van der Waals surface area contributed by atoms with Gasteiger partial charge >= 0.3 is 5.97 Å². The van der Waals surface area contributed by atoms with Gasteiger partial charge in [0.05, 0.1) is 20.3 Å². The van der Waals surface area contributed by atoms with Gasteiger partial charge in [-0.2, -0.15) is 0 Å². The number of halogens is 1. The summed E-state index contributed by atoms with van der Waals surface area (Å²) in [6.45, 7) is 2.83. The lowest BCUT2D eigenvalue weighted by Gasteiger charge is -2.05. The number of hydrogen-bond acceptors (Lipinski definition) is 3. The molecule has 4 heteroatoms. The first-order valence-electron chi connectivity index (χ1n) is 5.77. The molecule has 98 valence electrons. The topological polar surface area (TPSA) is 35.5 Å². The Labute approximate surface area is 116 Å². The minimum atomic E-state index is -0.290. The number of ether oxygens (including phenoxy) is 2. The highest BCUT2D eigenvalue weighted by Crippen LogP contribution is 2.16. The molecule has 0 atom stereocenters. The number of hydrogen-bond donors (Lipinski definition) is 0. The van der Waals surface area contributed by atoms with E-state index in [1.807, 2.05) is 31.2 Å². The van der Waals surface area contributed by atoms with Gasteiger partial charge in [-0.05, 0) is 24.1 Å². The molecule has 0 fully saturated rings. The minimum Gasteiger partial charge on any atom is -0.466 e. The molecule has 0 bridgehead atoms. The number of carbonyl (C=O) groups is 1. The Morgan fingerprint density at radius 3 is 2.72 bits per heavy atom. The Morgan fingerprint density at radius 2 is 2.11 bits per heavy atom. The third-order valence-corrected chi connectivity index (χ3v) is 3.27. The molecule has 0 radical (unpaired) electrons. The number of esters is 1. The van der Waals surface area contributed by atoms with Crippen molar-refractivity contribution in [1.82, 2.24) is 0 Å². The van der Waals surface area contributed by atoms with Crippen LogP contribution in [0.25, 0.3) is 0 Å². The fourth-order valence-corrected chi connectivity index (χ4v) is 1.85. The van der Waals surface area contributed by atoms with Crippen LogP contribution in [0.2, 0.25) is 0 Å². The first-order valence-corrected chi connectivity index (χ1v) is 6.56. The Bertz CT molecular complexity index is 427. The first kappa shape index (κ1) is 14.9. The van der Waals surface area contributed by atoms with Gasteiger partial charge in [0.25, 0.3) is 0 Å². The van der Waals surface area contributed by atoms with Gasteiger partial charge in [0.1, 0.15) is 0 Å². The van der Waals surface area contributed by atoms with Gasteiger partial charge in [-0.15, -0.1) is 0 Å². The predicted molar refractivity (Wildman–Crippen MR) is 74.2 cm³/mol. The second kappa shape index (κ2) is 8.06. The maximum absolute atomic E-state index is 11.3. The Balaban J connectivity index is 2.45. The quantitative estimate of drug-likeness (QED) is 0.458. The molecule has 3 nitrogen and oxygen atoms in total. The molecular formula is C14H17BrO3. The zero-order valence-corrected chi connectivity index (χ0v) is 12.2. The van der Waals surface area contributed by atoms with Crippen molar-refractivity contribution in [2.24, 2.45) is 0 Å². The van der Waals surface area contributed by atoms with Crippen LogP contribution in [-0.4, -0.2) is 19.7 Å². The SMILES string of the molecule is CC/C(=C/COCc1ccccc1Br)C(=O)OC. The van der Waals surface area contributed by atoms with E-state index in [1.54, 1.807) is 6.08 Å². The molecule has 0 amide bonds. The summed E-state index contributed by atoms with van der Waals surface area (Å²) in [7, 11) is 1.38. The number of benzene rings is 1. The Hall–Kier alpha value is -1.13. The molecule has 1 rings (SSSR count). The predicted octanol–water partition coefficient (Wildman–Crippen LogP) is 3.48. The van der Waals surface area contributed by atoms with Gasteiger partial charge in [-0.25, -0.2) is 4.79 Å². The fraction of sp³-hybridized carbons (Fsp3) is 0.357. The molecule has 1 aromatic carbocycles. The fourth-order valence-electron chi connectivity index (χ4n) is 1.45. The average molecular weight is 313 g/mol. The van der Waals surface area contributed by atoms with Crippen LogP contribution in [0, 0.1) is 0 Å². The summed E-state index contributed by atoms with van der Waals surface area (Å²) in [4.78, 5) is 11.3. The van der Waals surface area contributed by atoms with E-state index >= 15 is 0 Å². The van der Waals surface area contributed by atoms with Crippen LogP contribution in [0.15, 0.2) is 40.4 Å². The van der Waals surface area contributed by atoms with E-state index in [2.05, 4.69) is 20.7 Å². The zero-order chi connectivity index (χ0) is 13.4. The molecule has 0 unspecified atom stereocenters. The third-order valence-electron chi connectivity index (χ3n) is 2.49. The van der Waals surface area contributed by atoms with E-state index in [0.29, 0.717) is 25.2 Å². The van der Waals surface area contributed by atoms with E-state index in [1.165, 1.54) is 7.11 Å². The van der Waals surface area contributed by atoms with E-state index in [-0.39, 0.29) is 5.97 Å². The molecule has 18 heavy (non-hydrogen) atoms. The largest absolute Gasteiger partial charge is 0.466 e.